The molecule has 2 aromatic carbocycles. The molecule has 2 aromatic rings. The van der Waals surface area contributed by atoms with E-state index in [4.69, 9.17) is 10.8 Å². The molecule has 2 rings (SSSR count). The number of hydrogen-bond acceptors (Lipinski definition) is 3. The summed E-state index contributed by atoms with van der Waals surface area (Å²) in [6.45, 7) is 9.06. The molecule has 3 heteroatoms. The number of benzene rings is 2. The van der Waals surface area contributed by atoms with Crippen LogP contribution in [-0.2, 0) is 0 Å². The lowest BCUT2D eigenvalue weighted by molar-refractivity contribution is 0.891. The van der Waals surface area contributed by atoms with Crippen LogP contribution in [0.1, 0.15) is 30.5 Å². The summed E-state index contributed by atoms with van der Waals surface area (Å²) in [5.41, 5.74) is 12.3. The van der Waals surface area contributed by atoms with Crippen molar-refractivity contribution in [1.82, 2.24) is 0 Å². The summed E-state index contributed by atoms with van der Waals surface area (Å²) in [6, 6.07) is 14.4. The minimum atomic E-state index is 0.766. The van der Waals surface area contributed by atoms with Crippen LogP contribution in [0.25, 0.3) is 0 Å². The molecule has 110 valence electrons. The first-order chi connectivity index (χ1) is 10.0. The van der Waals surface area contributed by atoms with Gasteiger partial charge in [-0.2, -0.15) is 5.10 Å². The summed E-state index contributed by atoms with van der Waals surface area (Å²) < 4.78 is 0. The van der Waals surface area contributed by atoms with Gasteiger partial charge in [-0.05, 0) is 52.0 Å². The van der Waals surface area contributed by atoms with Gasteiger partial charge in [0.05, 0.1) is 11.4 Å². The van der Waals surface area contributed by atoms with E-state index in [1.807, 2.05) is 24.1 Å². The zero-order valence-corrected chi connectivity index (χ0v) is 13.2. The van der Waals surface area contributed by atoms with E-state index in [-0.39, 0.29) is 0 Å². The molecule has 0 unspecified atom stereocenters. The third-order valence-corrected chi connectivity index (χ3v) is 3.50. The van der Waals surface area contributed by atoms with Crippen LogP contribution in [0.2, 0.25) is 0 Å². The highest BCUT2D eigenvalue weighted by Crippen LogP contribution is 2.19. The van der Waals surface area contributed by atoms with Crippen LogP contribution in [0.3, 0.4) is 0 Å². The van der Waals surface area contributed by atoms with E-state index in [0.717, 1.165) is 29.2 Å². The molecule has 0 saturated carbocycles. The maximum absolute atomic E-state index is 6.07. The zero-order valence-electron chi connectivity index (χ0n) is 13.2. The number of anilines is 2. The average molecular weight is 281 g/mol. The van der Waals surface area contributed by atoms with Crippen molar-refractivity contribution < 1.29 is 0 Å². The van der Waals surface area contributed by atoms with Crippen LogP contribution in [0.4, 0.5) is 11.4 Å². The lowest BCUT2D eigenvalue weighted by Crippen LogP contribution is -2.18. The number of nitrogens with two attached hydrogens (primary N) is 1. The average Bonchev–Trinajstić information content (AvgIpc) is 2.48. The molecule has 0 aliphatic carbocycles. The van der Waals surface area contributed by atoms with Crippen LogP contribution >= 0.6 is 0 Å². The third-order valence-electron chi connectivity index (χ3n) is 3.50. The van der Waals surface area contributed by atoms with Gasteiger partial charge >= 0.3 is 0 Å². The Balaban J connectivity index is 2.34. The lowest BCUT2D eigenvalue weighted by atomic mass is 10.1. The SMILES string of the molecule is CCN(/N=C(\C)c1cc(C)ccc1N)c1ccc(C)cc1. The first-order valence-corrected chi connectivity index (χ1v) is 7.27. The van der Waals surface area contributed by atoms with Gasteiger partial charge in [-0.15, -0.1) is 0 Å². The number of nitrogen functional groups attached to an aromatic ring is 1. The van der Waals surface area contributed by atoms with Crippen molar-refractivity contribution in [2.24, 2.45) is 5.10 Å². The third kappa shape index (κ3) is 3.63. The molecule has 0 aliphatic rings. The maximum Gasteiger partial charge on any atom is 0.0671 e. The summed E-state index contributed by atoms with van der Waals surface area (Å²) in [7, 11) is 0. The van der Waals surface area contributed by atoms with Gasteiger partial charge in [0, 0.05) is 17.8 Å². The van der Waals surface area contributed by atoms with E-state index >= 15 is 0 Å². The van der Waals surface area contributed by atoms with Crippen molar-refractivity contribution in [2.75, 3.05) is 17.3 Å². The molecule has 0 fully saturated rings. The Morgan fingerprint density at radius 2 is 1.67 bits per heavy atom. The van der Waals surface area contributed by atoms with Crippen LogP contribution in [0, 0.1) is 13.8 Å². The Labute approximate surface area is 127 Å². The van der Waals surface area contributed by atoms with Gasteiger partial charge < -0.3 is 5.73 Å². The van der Waals surface area contributed by atoms with Gasteiger partial charge in [0.15, 0.2) is 0 Å². The Hall–Kier alpha value is -2.29. The molecule has 0 spiro atoms. The largest absolute Gasteiger partial charge is 0.398 e. The van der Waals surface area contributed by atoms with E-state index in [1.54, 1.807) is 0 Å². The number of nitrogens with zero attached hydrogens (tertiary/aromatic N) is 2. The predicted molar refractivity (Wildman–Crippen MR) is 92.0 cm³/mol. The Kier molecular flexibility index (Phi) is 4.63. The minimum absolute atomic E-state index is 0.766. The summed E-state index contributed by atoms with van der Waals surface area (Å²) in [4.78, 5) is 0. The number of hydrogen-bond donors (Lipinski definition) is 1. The van der Waals surface area contributed by atoms with E-state index < -0.39 is 0 Å². The summed E-state index contributed by atoms with van der Waals surface area (Å²) in [5.74, 6) is 0. The highest BCUT2D eigenvalue weighted by atomic mass is 15.5. The second-order valence-electron chi connectivity index (χ2n) is 5.33. The van der Waals surface area contributed by atoms with Gasteiger partial charge in [-0.25, -0.2) is 0 Å². The Morgan fingerprint density at radius 1 is 1.05 bits per heavy atom. The van der Waals surface area contributed by atoms with E-state index in [2.05, 4.69) is 51.1 Å². The van der Waals surface area contributed by atoms with Crippen molar-refractivity contribution in [2.45, 2.75) is 27.7 Å². The standard InChI is InChI=1S/C18H23N3/c1-5-21(16-9-6-13(2)7-10-16)20-15(4)17-12-14(3)8-11-18(17)19/h6-12H,5,19H2,1-4H3/b20-15+. The second-order valence-corrected chi connectivity index (χ2v) is 5.33. The number of hydrazone groups is 1. The minimum Gasteiger partial charge on any atom is -0.398 e. The van der Waals surface area contributed by atoms with Crippen molar-refractivity contribution in [3.05, 3.63) is 59.2 Å². The van der Waals surface area contributed by atoms with Crippen molar-refractivity contribution >= 4 is 17.1 Å². The maximum atomic E-state index is 6.07. The highest BCUT2D eigenvalue weighted by molar-refractivity contribution is 6.03. The highest BCUT2D eigenvalue weighted by Gasteiger charge is 2.07. The zero-order chi connectivity index (χ0) is 15.4. The smallest absolute Gasteiger partial charge is 0.0671 e. The second kappa shape index (κ2) is 6.44. The number of aryl methyl sites for hydroxylation is 2. The van der Waals surface area contributed by atoms with Crippen molar-refractivity contribution in [1.29, 1.82) is 0 Å². The van der Waals surface area contributed by atoms with E-state index in [1.165, 1.54) is 11.1 Å². The molecular formula is C18H23N3. The molecular weight excluding hydrogens is 258 g/mol. The molecule has 0 aliphatic heterocycles. The molecule has 0 saturated heterocycles. The lowest BCUT2D eigenvalue weighted by Gasteiger charge is -2.19. The van der Waals surface area contributed by atoms with Gasteiger partial charge in [0.25, 0.3) is 0 Å². The molecule has 0 radical (unpaired) electrons. The van der Waals surface area contributed by atoms with E-state index in [0.29, 0.717) is 0 Å². The summed E-state index contributed by atoms with van der Waals surface area (Å²) in [5, 5.41) is 6.73. The molecule has 0 amide bonds. The quantitative estimate of drug-likeness (QED) is 0.520. The number of rotatable bonds is 4. The topological polar surface area (TPSA) is 41.6 Å². The molecule has 2 N–H and O–H groups in total. The van der Waals surface area contributed by atoms with Gasteiger partial charge in [0.2, 0.25) is 0 Å². The van der Waals surface area contributed by atoms with Crippen molar-refractivity contribution in [3.63, 3.8) is 0 Å². The fourth-order valence-electron chi connectivity index (χ4n) is 2.25. The van der Waals surface area contributed by atoms with E-state index in [9.17, 15) is 0 Å². The fourth-order valence-corrected chi connectivity index (χ4v) is 2.25. The van der Waals surface area contributed by atoms with Gasteiger partial charge in [0.1, 0.15) is 0 Å². The first-order valence-electron chi connectivity index (χ1n) is 7.27. The molecule has 0 atom stereocenters. The molecule has 3 nitrogen and oxygen atoms in total. The van der Waals surface area contributed by atoms with Crippen LogP contribution < -0.4 is 10.7 Å². The van der Waals surface area contributed by atoms with Crippen LogP contribution in [0.5, 0.6) is 0 Å². The molecule has 0 aromatic heterocycles. The predicted octanol–water partition coefficient (Wildman–Crippen LogP) is 4.14. The van der Waals surface area contributed by atoms with Crippen LogP contribution in [0.15, 0.2) is 47.6 Å². The van der Waals surface area contributed by atoms with Crippen molar-refractivity contribution in [3.8, 4) is 0 Å². The Morgan fingerprint density at radius 3 is 2.29 bits per heavy atom. The van der Waals surface area contributed by atoms with Crippen LogP contribution in [-0.4, -0.2) is 12.3 Å². The van der Waals surface area contributed by atoms with Gasteiger partial charge in [-0.3, -0.25) is 5.01 Å². The molecule has 0 bridgehead atoms. The first kappa shape index (κ1) is 15.1. The monoisotopic (exact) mass is 281 g/mol. The normalized spacial score (nSPS) is 11.5. The molecule has 21 heavy (non-hydrogen) atoms. The fraction of sp³-hybridized carbons (Fsp3) is 0.278. The summed E-state index contributed by atoms with van der Waals surface area (Å²) >= 11 is 0. The Bertz CT molecular complexity index is 642. The molecule has 0 heterocycles. The summed E-state index contributed by atoms with van der Waals surface area (Å²) in [6.07, 6.45) is 0. The van der Waals surface area contributed by atoms with Gasteiger partial charge in [-0.1, -0.05) is 29.3 Å².